The molecular weight excluding hydrogens is 416 g/mol. The van der Waals surface area contributed by atoms with Crippen molar-refractivity contribution >= 4 is 27.1 Å². The van der Waals surface area contributed by atoms with Crippen LogP contribution in [0.5, 0.6) is 0 Å². The minimum atomic E-state index is -3.22. The summed E-state index contributed by atoms with van der Waals surface area (Å²) in [5.41, 5.74) is 0.269. The summed E-state index contributed by atoms with van der Waals surface area (Å²) in [6.07, 6.45) is 12.8. The molecule has 0 saturated heterocycles. The molecule has 0 amide bonds. The Morgan fingerprint density at radius 2 is 1.52 bits per heavy atom. The van der Waals surface area contributed by atoms with E-state index in [1.54, 1.807) is 24.5 Å². The van der Waals surface area contributed by atoms with Gasteiger partial charge in [0.25, 0.3) is 10.9 Å². The van der Waals surface area contributed by atoms with Gasteiger partial charge in [-0.2, -0.15) is 0 Å². The third-order valence-corrected chi connectivity index (χ3v) is 7.22. The lowest BCUT2D eigenvalue weighted by Gasteiger charge is -2.16. The average Bonchev–Trinajstić information content (AvgIpc) is 3.03. The van der Waals surface area contributed by atoms with Crippen LogP contribution >= 0.6 is 0 Å². The van der Waals surface area contributed by atoms with Gasteiger partial charge in [-0.3, -0.25) is 14.6 Å². The molecule has 31 heavy (non-hydrogen) atoms. The van der Waals surface area contributed by atoms with Crippen LogP contribution in [0.3, 0.4) is 0 Å². The van der Waals surface area contributed by atoms with E-state index in [4.69, 9.17) is 0 Å². The lowest BCUT2D eigenvalue weighted by atomic mass is 10.1. The van der Waals surface area contributed by atoms with Crippen LogP contribution in [0.2, 0.25) is 0 Å². The largest absolute Gasteiger partial charge is 0.380 e. The SMILES string of the molecule is O=c1c(NCCCCCCS(=O)(=O)NC2CCCCCC2)c(Nc2ccncc2)c1=O. The van der Waals surface area contributed by atoms with Crippen molar-refractivity contribution in [3.05, 3.63) is 45.0 Å². The number of unbranched alkanes of at least 4 members (excludes halogenated alkanes) is 3. The van der Waals surface area contributed by atoms with Gasteiger partial charge in [0.15, 0.2) is 0 Å². The Balaban J connectivity index is 1.32. The molecule has 2 aromatic rings. The molecule has 1 heterocycles. The first-order valence-electron chi connectivity index (χ1n) is 11.2. The van der Waals surface area contributed by atoms with Gasteiger partial charge < -0.3 is 10.6 Å². The van der Waals surface area contributed by atoms with Crippen molar-refractivity contribution in [2.24, 2.45) is 0 Å². The van der Waals surface area contributed by atoms with E-state index in [9.17, 15) is 18.0 Å². The van der Waals surface area contributed by atoms with Crippen molar-refractivity contribution in [1.29, 1.82) is 0 Å². The second-order valence-electron chi connectivity index (χ2n) is 8.24. The number of sulfonamides is 1. The zero-order chi connectivity index (χ0) is 22.1. The lowest BCUT2D eigenvalue weighted by Crippen LogP contribution is -2.36. The second-order valence-corrected chi connectivity index (χ2v) is 10.1. The fourth-order valence-corrected chi connectivity index (χ4v) is 5.40. The fourth-order valence-electron chi connectivity index (χ4n) is 3.95. The van der Waals surface area contributed by atoms with E-state index >= 15 is 0 Å². The van der Waals surface area contributed by atoms with Crippen LogP contribution in [0.1, 0.15) is 64.2 Å². The molecule has 0 spiro atoms. The number of aromatic nitrogens is 1. The standard InChI is InChI=1S/C22H32N4O4S/c27-21-19(20(22(21)28)25-17-11-14-23-15-12-17)24-13-7-3-4-8-16-31(29,30)26-18-9-5-1-2-6-10-18/h11-12,14-15,18,24,26H,1-10,13,16H2,(H,23,25). The second kappa shape index (κ2) is 11.4. The average molecular weight is 449 g/mol. The molecule has 0 radical (unpaired) electrons. The molecule has 1 aliphatic rings. The molecule has 3 N–H and O–H groups in total. The maximum absolute atomic E-state index is 12.3. The van der Waals surface area contributed by atoms with Crippen molar-refractivity contribution in [1.82, 2.24) is 9.71 Å². The Bertz CT molecular complexity index is 992. The van der Waals surface area contributed by atoms with Gasteiger partial charge >= 0.3 is 0 Å². The van der Waals surface area contributed by atoms with Gasteiger partial charge in [-0.25, -0.2) is 13.1 Å². The molecule has 0 bridgehead atoms. The van der Waals surface area contributed by atoms with Crippen LogP contribution in [0, 0.1) is 0 Å². The van der Waals surface area contributed by atoms with E-state index in [-0.39, 0.29) is 17.5 Å². The van der Waals surface area contributed by atoms with Crippen LogP contribution in [-0.4, -0.2) is 31.7 Å². The number of nitrogens with zero attached hydrogens (tertiary/aromatic N) is 1. The van der Waals surface area contributed by atoms with Crippen LogP contribution in [0.4, 0.5) is 17.1 Å². The van der Waals surface area contributed by atoms with Gasteiger partial charge in [0.05, 0.1) is 5.75 Å². The Morgan fingerprint density at radius 1 is 0.871 bits per heavy atom. The quantitative estimate of drug-likeness (QED) is 0.259. The first-order valence-corrected chi connectivity index (χ1v) is 12.9. The summed E-state index contributed by atoms with van der Waals surface area (Å²) in [6.45, 7) is 0.558. The van der Waals surface area contributed by atoms with Crippen LogP contribution in [-0.2, 0) is 10.0 Å². The van der Waals surface area contributed by atoms with E-state index in [0.717, 1.165) is 44.9 Å². The van der Waals surface area contributed by atoms with Gasteiger partial charge in [0.1, 0.15) is 11.4 Å². The molecule has 1 aromatic carbocycles. The first kappa shape index (κ1) is 23.4. The van der Waals surface area contributed by atoms with Crippen molar-refractivity contribution < 1.29 is 8.42 Å². The van der Waals surface area contributed by atoms with Crippen molar-refractivity contribution in [2.75, 3.05) is 22.9 Å². The molecule has 170 valence electrons. The number of rotatable bonds is 12. The monoisotopic (exact) mass is 448 g/mol. The van der Waals surface area contributed by atoms with E-state index in [0.29, 0.717) is 24.3 Å². The van der Waals surface area contributed by atoms with Gasteiger partial charge in [-0.15, -0.1) is 0 Å². The fraction of sp³-hybridized carbons (Fsp3) is 0.591. The van der Waals surface area contributed by atoms with Gasteiger partial charge in [-0.1, -0.05) is 38.5 Å². The maximum atomic E-state index is 12.3. The molecule has 3 rings (SSSR count). The number of hydrogen-bond acceptors (Lipinski definition) is 7. The predicted molar refractivity (Wildman–Crippen MR) is 124 cm³/mol. The minimum Gasteiger partial charge on any atom is -0.380 e. The molecule has 0 aliphatic heterocycles. The van der Waals surface area contributed by atoms with E-state index in [1.165, 1.54) is 12.8 Å². The summed E-state index contributed by atoms with van der Waals surface area (Å²) in [7, 11) is -3.22. The van der Waals surface area contributed by atoms with Crippen molar-refractivity contribution in [3.63, 3.8) is 0 Å². The first-order chi connectivity index (χ1) is 15.0. The smallest absolute Gasteiger partial charge is 0.253 e. The highest BCUT2D eigenvalue weighted by molar-refractivity contribution is 7.89. The minimum absolute atomic E-state index is 0.0997. The summed E-state index contributed by atoms with van der Waals surface area (Å²) >= 11 is 0. The lowest BCUT2D eigenvalue weighted by molar-refractivity contribution is 0.507. The normalized spacial score (nSPS) is 15.6. The van der Waals surface area contributed by atoms with E-state index < -0.39 is 20.9 Å². The van der Waals surface area contributed by atoms with Crippen molar-refractivity contribution in [2.45, 2.75) is 70.3 Å². The molecule has 0 unspecified atom stereocenters. The Morgan fingerprint density at radius 3 is 2.23 bits per heavy atom. The third kappa shape index (κ3) is 7.14. The summed E-state index contributed by atoms with van der Waals surface area (Å²) < 4.78 is 27.4. The van der Waals surface area contributed by atoms with Crippen molar-refractivity contribution in [3.8, 4) is 0 Å². The molecule has 1 fully saturated rings. The summed E-state index contributed by atoms with van der Waals surface area (Å²) in [4.78, 5) is 27.6. The van der Waals surface area contributed by atoms with Crippen LogP contribution in [0.15, 0.2) is 34.1 Å². The van der Waals surface area contributed by atoms with E-state index in [2.05, 4.69) is 20.3 Å². The third-order valence-electron chi connectivity index (χ3n) is 5.70. The molecule has 1 aromatic heterocycles. The summed E-state index contributed by atoms with van der Waals surface area (Å²) in [5, 5.41) is 5.99. The molecule has 9 heteroatoms. The summed E-state index contributed by atoms with van der Waals surface area (Å²) in [6, 6.07) is 3.54. The highest BCUT2D eigenvalue weighted by Gasteiger charge is 2.21. The molecule has 1 aliphatic carbocycles. The van der Waals surface area contributed by atoms with Crippen LogP contribution in [0.25, 0.3) is 0 Å². The zero-order valence-electron chi connectivity index (χ0n) is 17.9. The number of pyridine rings is 1. The van der Waals surface area contributed by atoms with Crippen LogP contribution < -0.4 is 26.2 Å². The maximum Gasteiger partial charge on any atom is 0.253 e. The zero-order valence-corrected chi connectivity index (χ0v) is 18.7. The Hall–Kier alpha value is -2.26. The number of nitrogens with one attached hydrogen (secondary N) is 3. The van der Waals surface area contributed by atoms with Gasteiger partial charge in [-0.05, 0) is 37.8 Å². The topological polar surface area (TPSA) is 117 Å². The summed E-state index contributed by atoms with van der Waals surface area (Å²) in [5.74, 6) is 0.162. The number of hydrogen-bond donors (Lipinski definition) is 3. The molecule has 8 nitrogen and oxygen atoms in total. The highest BCUT2D eigenvalue weighted by atomic mass is 32.2. The Kier molecular flexibility index (Phi) is 8.60. The Labute approximate surface area is 183 Å². The van der Waals surface area contributed by atoms with Gasteiger partial charge in [0, 0.05) is 30.7 Å². The number of anilines is 3. The highest BCUT2D eigenvalue weighted by Crippen LogP contribution is 2.20. The van der Waals surface area contributed by atoms with Gasteiger partial charge in [0.2, 0.25) is 10.0 Å². The molecule has 1 saturated carbocycles. The predicted octanol–water partition coefficient (Wildman–Crippen LogP) is 3.04. The molecule has 0 atom stereocenters. The molecular formula is C22H32N4O4S. The van der Waals surface area contributed by atoms with E-state index in [1.807, 2.05) is 0 Å².